The smallest absolute Gasteiger partial charge is 0.258 e. The number of amides is 1. The average molecular weight is 339 g/mol. The largest absolute Gasteiger partial charge is 0.350 e. The number of nitrogens with one attached hydrogen (secondary N) is 2. The Hall–Kier alpha value is -1.92. The van der Waals surface area contributed by atoms with E-state index >= 15 is 0 Å². The molecule has 0 aliphatic rings. The van der Waals surface area contributed by atoms with E-state index in [1.54, 1.807) is 6.07 Å². The van der Waals surface area contributed by atoms with Crippen molar-refractivity contribution in [1.29, 1.82) is 0 Å². The lowest BCUT2D eigenvalue weighted by atomic mass is 10.1. The van der Waals surface area contributed by atoms with E-state index in [1.807, 2.05) is 32.0 Å². The van der Waals surface area contributed by atoms with Crippen LogP contribution in [0, 0.1) is 0 Å². The maximum atomic E-state index is 11.9. The Bertz CT molecular complexity index is 727. The van der Waals surface area contributed by atoms with Crippen LogP contribution in [0.15, 0.2) is 29.1 Å². The fourth-order valence-corrected chi connectivity index (χ4v) is 2.16. The van der Waals surface area contributed by atoms with Gasteiger partial charge in [-0.05, 0) is 32.4 Å². The fourth-order valence-electron chi connectivity index (χ4n) is 2.16. The Balaban J connectivity index is 0.00000264. The fraction of sp³-hybridized carbons (Fsp3) is 0.438. The van der Waals surface area contributed by atoms with E-state index < -0.39 is 5.54 Å². The molecule has 23 heavy (non-hydrogen) atoms. The summed E-state index contributed by atoms with van der Waals surface area (Å²) in [5, 5.41) is 3.45. The van der Waals surface area contributed by atoms with Crippen LogP contribution in [0.2, 0.25) is 0 Å². The third kappa shape index (κ3) is 5.33. The molecule has 0 saturated carbocycles. The predicted octanol–water partition coefficient (Wildman–Crippen LogP) is 1.52. The Morgan fingerprint density at radius 1 is 1.35 bits per heavy atom. The lowest BCUT2D eigenvalue weighted by Gasteiger charge is -2.24. The second kappa shape index (κ2) is 8.08. The molecule has 1 aromatic heterocycles. The summed E-state index contributed by atoms with van der Waals surface area (Å²) in [5.74, 6) is 0.563. The number of para-hydroxylation sites is 1. The van der Waals surface area contributed by atoms with E-state index in [0.717, 1.165) is 0 Å². The van der Waals surface area contributed by atoms with Gasteiger partial charge < -0.3 is 16.0 Å². The first-order valence-corrected chi connectivity index (χ1v) is 7.40. The van der Waals surface area contributed by atoms with Gasteiger partial charge in [0.15, 0.2) is 0 Å². The molecule has 0 bridgehead atoms. The number of H-pyrrole nitrogens is 1. The van der Waals surface area contributed by atoms with Gasteiger partial charge in [-0.1, -0.05) is 12.1 Å². The number of aromatic amines is 1. The minimum atomic E-state index is -0.396. The first-order chi connectivity index (χ1) is 10.4. The first kappa shape index (κ1) is 19.1. The quantitative estimate of drug-likeness (QED) is 0.743. The molecular formula is C16H23ClN4O2. The molecule has 0 radical (unpaired) electrons. The van der Waals surface area contributed by atoms with Gasteiger partial charge in [-0.2, -0.15) is 0 Å². The van der Waals surface area contributed by atoms with E-state index in [2.05, 4.69) is 15.3 Å². The number of fused-ring (bicyclic) bond motifs is 1. The number of hydrogen-bond donors (Lipinski definition) is 3. The Kier molecular flexibility index (Phi) is 6.72. The highest BCUT2D eigenvalue weighted by molar-refractivity contribution is 5.85. The highest BCUT2D eigenvalue weighted by Crippen LogP contribution is 2.07. The van der Waals surface area contributed by atoms with Crippen molar-refractivity contribution in [2.24, 2.45) is 5.73 Å². The molecule has 0 atom stereocenters. The van der Waals surface area contributed by atoms with E-state index in [1.165, 1.54) is 0 Å². The molecular weight excluding hydrogens is 316 g/mol. The third-order valence-corrected chi connectivity index (χ3v) is 3.47. The molecule has 0 aliphatic carbocycles. The highest BCUT2D eigenvalue weighted by Gasteiger charge is 2.17. The number of nitrogens with two attached hydrogens (primary N) is 1. The van der Waals surface area contributed by atoms with Crippen LogP contribution in [0.3, 0.4) is 0 Å². The zero-order valence-electron chi connectivity index (χ0n) is 13.4. The summed E-state index contributed by atoms with van der Waals surface area (Å²) in [7, 11) is 0. The number of nitrogens with zero attached hydrogens (tertiary/aromatic N) is 1. The number of aryl methyl sites for hydroxylation is 1. The van der Waals surface area contributed by atoms with Gasteiger partial charge in [0.05, 0.1) is 10.9 Å². The Morgan fingerprint density at radius 3 is 2.74 bits per heavy atom. The summed E-state index contributed by atoms with van der Waals surface area (Å²) in [6.07, 6.45) is 1.55. The van der Waals surface area contributed by atoms with Crippen LogP contribution in [0.25, 0.3) is 10.9 Å². The van der Waals surface area contributed by atoms with Gasteiger partial charge in [-0.15, -0.1) is 12.4 Å². The standard InChI is InChI=1S/C16H22N4O2.ClH/c1-16(2,10-17)20-14(21)9-5-8-13-18-12-7-4-3-6-11(12)15(22)19-13;/h3-4,6-7H,5,8-10,17H2,1-2H3,(H,20,21)(H,18,19,22);1H. The van der Waals surface area contributed by atoms with Gasteiger partial charge in [0.2, 0.25) is 5.91 Å². The van der Waals surface area contributed by atoms with Crippen molar-refractivity contribution in [1.82, 2.24) is 15.3 Å². The third-order valence-electron chi connectivity index (χ3n) is 3.47. The molecule has 126 valence electrons. The Labute approximate surface area is 141 Å². The summed E-state index contributed by atoms with van der Waals surface area (Å²) in [4.78, 5) is 30.9. The summed E-state index contributed by atoms with van der Waals surface area (Å²) in [6, 6.07) is 7.21. The van der Waals surface area contributed by atoms with Crippen LogP contribution in [0.1, 0.15) is 32.5 Å². The van der Waals surface area contributed by atoms with Gasteiger partial charge in [-0.25, -0.2) is 4.98 Å². The number of carbonyl (C=O) groups excluding carboxylic acids is 1. The maximum Gasteiger partial charge on any atom is 0.258 e. The Morgan fingerprint density at radius 2 is 2.04 bits per heavy atom. The number of carbonyl (C=O) groups is 1. The molecule has 7 heteroatoms. The van der Waals surface area contributed by atoms with Crippen LogP contribution >= 0.6 is 12.4 Å². The van der Waals surface area contributed by atoms with Crippen molar-refractivity contribution in [3.8, 4) is 0 Å². The molecule has 1 amide bonds. The van der Waals surface area contributed by atoms with E-state index in [9.17, 15) is 9.59 Å². The van der Waals surface area contributed by atoms with Crippen LogP contribution < -0.4 is 16.6 Å². The van der Waals surface area contributed by atoms with Crippen LogP contribution in [-0.2, 0) is 11.2 Å². The molecule has 0 unspecified atom stereocenters. The van der Waals surface area contributed by atoms with Crippen molar-refractivity contribution in [3.63, 3.8) is 0 Å². The normalized spacial score (nSPS) is 11.1. The SMILES string of the molecule is CC(C)(CN)NC(=O)CCCc1nc2ccccc2c(=O)[nH]1.Cl. The van der Waals surface area contributed by atoms with Crippen LogP contribution in [-0.4, -0.2) is 28.0 Å². The summed E-state index contributed by atoms with van der Waals surface area (Å²) >= 11 is 0. The topological polar surface area (TPSA) is 101 Å². The molecule has 4 N–H and O–H groups in total. The summed E-state index contributed by atoms with van der Waals surface area (Å²) in [6.45, 7) is 4.15. The van der Waals surface area contributed by atoms with Crippen molar-refractivity contribution in [3.05, 3.63) is 40.4 Å². The molecule has 0 aliphatic heterocycles. The summed E-state index contributed by atoms with van der Waals surface area (Å²) in [5.41, 5.74) is 5.71. The van der Waals surface area contributed by atoms with Crippen molar-refractivity contribution < 1.29 is 4.79 Å². The minimum Gasteiger partial charge on any atom is -0.350 e. The maximum absolute atomic E-state index is 11.9. The number of rotatable bonds is 6. The van der Waals surface area contributed by atoms with Gasteiger partial charge in [0.1, 0.15) is 5.82 Å². The average Bonchev–Trinajstić information content (AvgIpc) is 2.47. The van der Waals surface area contributed by atoms with E-state index in [-0.39, 0.29) is 23.9 Å². The highest BCUT2D eigenvalue weighted by atomic mass is 35.5. The monoisotopic (exact) mass is 338 g/mol. The van der Waals surface area contributed by atoms with Crippen molar-refractivity contribution in [2.45, 2.75) is 38.6 Å². The minimum absolute atomic E-state index is 0. The number of hydrogen-bond acceptors (Lipinski definition) is 4. The van der Waals surface area contributed by atoms with Crippen LogP contribution in [0.5, 0.6) is 0 Å². The second-order valence-electron chi connectivity index (χ2n) is 6.02. The van der Waals surface area contributed by atoms with Crippen molar-refractivity contribution in [2.75, 3.05) is 6.54 Å². The first-order valence-electron chi connectivity index (χ1n) is 7.40. The van der Waals surface area contributed by atoms with Crippen LogP contribution in [0.4, 0.5) is 0 Å². The molecule has 1 heterocycles. The molecule has 6 nitrogen and oxygen atoms in total. The molecule has 0 saturated heterocycles. The number of benzene rings is 1. The van der Waals surface area contributed by atoms with Gasteiger partial charge in [0.25, 0.3) is 5.56 Å². The molecule has 0 spiro atoms. The second-order valence-corrected chi connectivity index (χ2v) is 6.02. The van der Waals surface area contributed by atoms with Gasteiger partial charge >= 0.3 is 0 Å². The van der Waals surface area contributed by atoms with E-state index in [0.29, 0.717) is 42.5 Å². The lowest BCUT2D eigenvalue weighted by molar-refractivity contribution is -0.122. The zero-order chi connectivity index (χ0) is 16.2. The lowest BCUT2D eigenvalue weighted by Crippen LogP contribution is -2.48. The molecule has 2 rings (SSSR count). The summed E-state index contributed by atoms with van der Waals surface area (Å²) < 4.78 is 0. The zero-order valence-corrected chi connectivity index (χ0v) is 14.2. The molecule has 0 fully saturated rings. The molecule has 2 aromatic rings. The van der Waals surface area contributed by atoms with E-state index in [4.69, 9.17) is 5.73 Å². The van der Waals surface area contributed by atoms with Gasteiger partial charge in [-0.3, -0.25) is 9.59 Å². The van der Waals surface area contributed by atoms with Gasteiger partial charge in [0, 0.05) is 24.9 Å². The van der Waals surface area contributed by atoms with Crippen molar-refractivity contribution >= 4 is 29.2 Å². The predicted molar refractivity (Wildman–Crippen MR) is 93.8 cm³/mol. The molecule has 1 aromatic carbocycles. The number of halogens is 1. The number of aromatic nitrogens is 2.